The molecule has 35 heavy (non-hydrogen) atoms. The van der Waals surface area contributed by atoms with E-state index in [-0.39, 0.29) is 0 Å². The van der Waals surface area contributed by atoms with Gasteiger partial charge in [-0.15, -0.1) is 0 Å². The van der Waals surface area contributed by atoms with Crippen molar-refractivity contribution in [3.8, 4) is 6.07 Å². The minimum Gasteiger partial charge on any atom is -0.454 e. The molecular formula is C31H14N2O2. The van der Waals surface area contributed by atoms with Gasteiger partial charge >= 0.3 is 0 Å². The number of para-hydroxylation sites is 2. The fourth-order valence-corrected chi connectivity index (χ4v) is 6.11. The third kappa shape index (κ3) is 1.92. The van der Waals surface area contributed by atoms with E-state index >= 15 is 0 Å². The van der Waals surface area contributed by atoms with E-state index in [1.54, 1.807) is 0 Å². The fraction of sp³-hybridized carbons (Fsp3) is 0. The number of nitriles is 1. The summed E-state index contributed by atoms with van der Waals surface area (Å²) in [6.45, 7) is 0. The molecule has 0 bridgehead atoms. The Morgan fingerprint density at radius 2 is 1.00 bits per heavy atom. The van der Waals surface area contributed by atoms with Crippen molar-refractivity contribution in [1.29, 1.82) is 5.26 Å². The number of hydrogen-bond acceptors (Lipinski definition) is 3. The van der Waals surface area contributed by atoms with E-state index in [1.165, 1.54) is 0 Å². The van der Waals surface area contributed by atoms with Crippen LogP contribution in [0.5, 0.6) is 0 Å². The lowest BCUT2D eigenvalue weighted by atomic mass is 10.0. The lowest BCUT2D eigenvalue weighted by molar-refractivity contribution is 0.670. The third-order valence-corrected chi connectivity index (χ3v) is 7.53. The largest absolute Gasteiger partial charge is 0.454 e. The maximum atomic E-state index is 9.83. The van der Waals surface area contributed by atoms with Gasteiger partial charge < -0.3 is 13.2 Å². The Hall–Kier alpha value is -5.01. The van der Waals surface area contributed by atoms with Crippen molar-refractivity contribution in [2.45, 2.75) is 0 Å². The summed E-state index contributed by atoms with van der Waals surface area (Å²) in [5.41, 5.74) is 7.20. The summed E-state index contributed by atoms with van der Waals surface area (Å²) < 4.78 is 15.3. The van der Waals surface area contributed by atoms with E-state index in [2.05, 4.69) is 46.9 Å². The van der Waals surface area contributed by atoms with E-state index in [9.17, 15) is 5.26 Å². The van der Waals surface area contributed by atoms with Crippen molar-refractivity contribution in [2.24, 2.45) is 0 Å². The van der Waals surface area contributed by atoms with Crippen LogP contribution in [-0.4, -0.2) is 4.40 Å². The van der Waals surface area contributed by atoms with Gasteiger partial charge in [-0.2, -0.15) is 5.26 Å². The highest BCUT2D eigenvalue weighted by Gasteiger charge is 2.24. The molecule has 5 aromatic carbocycles. The summed E-state index contributed by atoms with van der Waals surface area (Å²) in [5, 5.41) is 18.4. The molecule has 9 aromatic rings. The highest BCUT2D eigenvalue weighted by Crippen LogP contribution is 2.46. The minimum atomic E-state index is 0.647. The van der Waals surface area contributed by atoms with Crippen molar-refractivity contribution in [3.05, 3.63) is 90.5 Å². The van der Waals surface area contributed by atoms with E-state index in [1.807, 2.05) is 48.5 Å². The molecule has 0 amide bonds. The van der Waals surface area contributed by atoms with Crippen molar-refractivity contribution in [1.82, 2.24) is 4.40 Å². The standard InChI is InChI=1S/C31H14N2O2/c32-15-16-13-23-19-9-11-21-17-5-1-3-7-25(17)34-30(21)28(19)33-27(23)24(14-16)20-10-12-22-18-6-2-4-8-26(18)35-31(22)29(20)33/h1-14H. The van der Waals surface area contributed by atoms with Gasteiger partial charge in [-0.1, -0.05) is 48.5 Å². The van der Waals surface area contributed by atoms with Crippen molar-refractivity contribution < 1.29 is 8.83 Å². The van der Waals surface area contributed by atoms with Crippen molar-refractivity contribution in [3.63, 3.8) is 0 Å². The molecule has 0 radical (unpaired) electrons. The average molecular weight is 446 g/mol. The Labute approximate surface area is 197 Å². The first kappa shape index (κ1) is 17.5. The van der Waals surface area contributed by atoms with Gasteiger partial charge in [0.2, 0.25) is 0 Å². The SMILES string of the molecule is N#Cc1cc2c3ccc4c5ccccc5oc4c3n3c2c(c1)c1ccc2c4ccccc4oc2c13. The predicted molar refractivity (Wildman–Crippen MR) is 140 cm³/mol. The lowest BCUT2D eigenvalue weighted by Gasteiger charge is -2.00. The summed E-state index contributed by atoms with van der Waals surface area (Å²) in [7, 11) is 0. The van der Waals surface area contributed by atoms with Crippen LogP contribution in [0.15, 0.2) is 93.8 Å². The molecule has 0 aliphatic rings. The summed E-state index contributed by atoms with van der Waals surface area (Å²) in [6.07, 6.45) is 0. The quantitative estimate of drug-likeness (QED) is 0.235. The number of aromatic nitrogens is 1. The minimum absolute atomic E-state index is 0.647. The molecule has 160 valence electrons. The van der Waals surface area contributed by atoms with Crippen LogP contribution >= 0.6 is 0 Å². The molecule has 0 spiro atoms. The first-order chi connectivity index (χ1) is 17.3. The van der Waals surface area contributed by atoms with E-state index < -0.39 is 0 Å². The average Bonchev–Trinajstić information content (AvgIpc) is 3.63. The van der Waals surface area contributed by atoms with Gasteiger partial charge in [0.25, 0.3) is 0 Å². The van der Waals surface area contributed by atoms with Crippen LogP contribution in [0.25, 0.3) is 82.0 Å². The zero-order valence-corrected chi connectivity index (χ0v) is 18.3. The highest BCUT2D eigenvalue weighted by atomic mass is 16.3. The van der Waals surface area contributed by atoms with E-state index in [0.29, 0.717) is 5.56 Å². The van der Waals surface area contributed by atoms with Gasteiger partial charge in [-0.05, 0) is 36.4 Å². The van der Waals surface area contributed by atoms with Gasteiger partial charge in [-0.25, -0.2) is 0 Å². The molecule has 0 N–H and O–H groups in total. The third-order valence-electron chi connectivity index (χ3n) is 7.53. The summed E-state index contributed by atoms with van der Waals surface area (Å²) in [4.78, 5) is 0. The number of rotatable bonds is 0. The molecule has 0 aliphatic carbocycles. The van der Waals surface area contributed by atoms with E-state index in [0.717, 1.165) is 82.0 Å². The second-order valence-corrected chi connectivity index (χ2v) is 9.24. The zero-order valence-electron chi connectivity index (χ0n) is 18.3. The Bertz CT molecular complexity index is 2230. The Morgan fingerprint density at radius 3 is 1.51 bits per heavy atom. The van der Waals surface area contributed by atoms with Crippen LogP contribution in [-0.2, 0) is 0 Å². The van der Waals surface area contributed by atoms with Crippen LogP contribution in [0, 0.1) is 11.3 Å². The monoisotopic (exact) mass is 446 g/mol. The second-order valence-electron chi connectivity index (χ2n) is 9.24. The lowest BCUT2D eigenvalue weighted by Crippen LogP contribution is -1.82. The molecule has 0 fully saturated rings. The summed E-state index contributed by atoms with van der Waals surface area (Å²) in [5.74, 6) is 0. The van der Waals surface area contributed by atoms with Crippen molar-refractivity contribution >= 4 is 82.0 Å². The van der Waals surface area contributed by atoms with Crippen LogP contribution in [0.1, 0.15) is 5.56 Å². The first-order valence-corrected chi connectivity index (χ1v) is 11.6. The summed E-state index contributed by atoms with van der Waals surface area (Å²) in [6, 6.07) is 31.3. The van der Waals surface area contributed by atoms with Gasteiger partial charge in [0, 0.05) is 43.1 Å². The Kier molecular flexibility index (Phi) is 2.86. The first-order valence-electron chi connectivity index (χ1n) is 11.6. The van der Waals surface area contributed by atoms with Crippen LogP contribution in [0.3, 0.4) is 0 Å². The molecule has 9 rings (SSSR count). The molecule has 0 aliphatic heterocycles. The number of nitrogens with zero attached hydrogens (tertiary/aromatic N) is 2. The van der Waals surface area contributed by atoms with Crippen LogP contribution in [0.2, 0.25) is 0 Å². The molecule has 4 nitrogen and oxygen atoms in total. The van der Waals surface area contributed by atoms with Crippen LogP contribution < -0.4 is 0 Å². The van der Waals surface area contributed by atoms with Gasteiger partial charge in [0.1, 0.15) is 11.2 Å². The zero-order chi connectivity index (χ0) is 22.8. The van der Waals surface area contributed by atoms with Gasteiger partial charge in [-0.3, -0.25) is 0 Å². The molecule has 0 saturated heterocycles. The fourth-order valence-electron chi connectivity index (χ4n) is 6.11. The van der Waals surface area contributed by atoms with Gasteiger partial charge in [0.05, 0.1) is 28.2 Å². The normalized spacial score (nSPS) is 12.5. The van der Waals surface area contributed by atoms with Crippen molar-refractivity contribution in [2.75, 3.05) is 0 Å². The highest BCUT2D eigenvalue weighted by molar-refractivity contribution is 6.31. The number of benzene rings is 5. The van der Waals surface area contributed by atoms with E-state index in [4.69, 9.17) is 8.83 Å². The molecule has 4 heteroatoms. The van der Waals surface area contributed by atoms with Gasteiger partial charge in [0.15, 0.2) is 11.2 Å². The number of hydrogen-bond donors (Lipinski definition) is 0. The maximum absolute atomic E-state index is 9.83. The number of fused-ring (bicyclic) bond motifs is 14. The second kappa shape index (κ2) is 5.72. The molecule has 0 atom stereocenters. The Balaban J connectivity index is 1.67. The molecule has 4 heterocycles. The predicted octanol–water partition coefficient (Wildman–Crippen LogP) is 8.51. The number of furan rings is 2. The Morgan fingerprint density at radius 1 is 0.514 bits per heavy atom. The molecule has 0 unspecified atom stereocenters. The maximum Gasteiger partial charge on any atom is 0.160 e. The topological polar surface area (TPSA) is 54.5 Å². The molecule has 4 aromatic heterocycles. The molecule has 0 saturated carbocycles. The summed E-state index contributed by atoms with van der Waals surface area (Å²) >= 11 is 0. The smallest absolute Gasteiger partial charge is 0.160 e. The van der Waals surface area contributed by atoms with Crippen LogP contribution in [0.4, 0.5) is 0 Å². The molecular weight excluding hydrogens is 432 g/mol.